The first kappa shape index (κ1) is 33.7. The third-order valence-electron chi connectivity index (χ3n) is 6.83. The highest BCUT2D eigenvalue weighted by atomic mass is 35.5. The van der Waals surface area contributed by atoms with Crippen molar-refractivity contribution in [3.63, 3.8) is 0 Å². The molecule has 8 nitrogen and oxygen atoms in total. The van der Waals surface area contributed by atoms with Crippen molar-refractivity contribution in [2.75, 3.05) is 5.73 Å². The number of hydrogen-bond donors (Lipinski definition) is 3. The second kappa shape index (κ2) is 13.6. The van der Waals surface area contributed by atoms with Crippen LogP contribution in [0.4, 0.5) is 19.1 Å². The van der Waals surface area contributed by atoms with Crippen LogP contribution < -0.4 is 20.9 Å². The Morgan fingerprint density at radius 3 is 2.35 bits per heavy atom. The fourth-order valence-corrected chi connectivity index (χ4v) is 4.87. The lowest BCUT2D eigenvalue weighted by molar-refractivity contribution is -0.199. The number of carbonyl (C=O) groups is 1. The van der Waals surface area contributed by atoms with Crippen molar-refractivity contribution in [1.82, 2.24) is 9.97 Å². The standard InChI is InChI=1S/C31H35F3N4O4.ClH/c1-30(2,3)42-25-16-21(19-7-5-4-6-8-19)13-14-22(25)27(31(32,33)34)41-26-17-24(37-29(36)38-26)20-11-9-18(10-12-20)15-23(35)28(39)40;/h4-8,11,13-14,16-18,23,27H,9-10,12,15,35H2,1-3H3,(H,39,40)(H2,36,37,38);1H. The van der Waals surface area contributed by atoms with E-state index in [0.717, 1.165) is 11.1 Å². The zero-order valence-electron chi connectivity index (χ0n) is 24.1. The minimum absolute atomic E-state index is 0. The number of nitrogens with zero attached hydrogens (tertiary/aromatic N) is 2. The van der Waals surface area contributed by atoms with Crippen molar-refractivity contribution in [1.29, 1.82) is 0 Å². The summed E-state index contributed by atoms with van der Waals surface area (Å²) < 4.78 is 55.3. The van der Waals surface area contributed by atoms with Crippen molar-refractivity contribution < 1.29 is 32.5 Å². The third kappa shape index (κ3) is 9.08. The van der Waals surface area contributed by atoms with Gasteiger partial charge in [-0.05, 0) is 75.1 Å². The Hall–Kier alpha value is -3.83. The Labute approximate surface area is 254 Å². The molecule has 0 saturated carbocycles. The Morgan fingerprint density at radius 1 is 1.07 bits per heavy atom. The van der Waals surface area contributed by atoms with Gasteiger partial charge in [-0.2, -0.15) is 18.2 Å². The third-order valence-corrected chi connectivity index (χ3v) is 6.83. The van der Waals surface area contributed by atoms with E-state index in [4.69, 9.17) is 26.0 Å². The maximum absolute atomic E-state index is 14.6. The van der Waals surface area contributed by atoms with Gasteiger partial charge in [0.05, 0.1) is 5.69 Å². The molecule has 1 aliphatic rings. The molecule has 3 unspecified atom stereocenters. The van der Waals surface area contributed by atoms with Crippen LogP contribution in [-0.4, -0.2) is 38.9 Å². The number of carboxylic acids is 1. The molecule has 232 valence electrons. The smallest absolute Gasteiger partial charge is 0.429 e. The Kier molecular flexibility index (Phi) is 10.7. The van der Waals surface area contributed by atoms with E-state index in [1.165, 1.54) is 12.1 Å². The molecule has 0 spiro atoms. The molecule has 0 saturated heterocycles. The summed E-state index contributed by atoms with van der Waals surface area (Å²) in [5.74, 6) is -1.51. The monoisotopic (exact) mass is 620 g/mol. The highest BCUT2D eigenvalue weighted by Gasteiger charge is 2.45. The largest absolute Gasteiger partial charge is 0.488 e. The van der Waals surface area contributed by atoms with Crippen LogP contribution in [0.5, 0.6) is 11.6 Å². The molecule has 43 heavy (non-hydrogen) atoms. The van der Waals surface area contributed by atoms with Gasteiger partial charge in [0, 0.05) is 11.6 Å². The average Bonchev–Trinajstić information content (AvgIpc) is 2.91. The van der Waals surface area contributed by atoms with Crippen molar-refractivity contribution in [2.24, 2.45) is 11.7 Å². The lowest BCUT2D eigenvalue weighted by Gasteiger charge is -2.28. The number of ether oxygens (including phenoxy) is 2. The topological polar surface area (TPSA) is 134 Å². The number of rotatable bonds is 9. The number of hydrogen-bond acceptors (Lipinski definition) is 7. The van der Waals surface area contributed by atoms with Crippen LogP contribution in [0.3, 0.4) is 0 Å². The van der Waals surface area contributed by atoms with Gasteiger partial charge in [-0.15, -0.1) is 12.4 Å². The molecular formula is C31H36ClF3N4O4. The maximum atomic E-state index is 14.6. The van der Waals surface area contributed by atoms with Gasteiger partial charge in [0.25, 0.3) is 0 Å². The Bertz CT molecular complexity index is 1450. The van der Waals surface area contributed by atoms with E-state index >= 15 is 0 Å². The zero-order chi connectivity index (χ0) is 30.7. The minimum atomic E-state index is -4.82. The molecule has 0 bridgehead atoms. The lowest BCUT2D eigenvalue weighted by Crippen LogP contribution is -2.32. The van der Waals surface area contributed by atoms with E-state index in [1.807, 2.05) is 36.4 Å². The number of alkyl halides is 3. The van der Waals surface area contributed by atoms with Gasteiger partial charge in [-0.3, -0.25) is 4.79 Å². The quantitative estimate of drug-likeness (QED) is 0.233. The van der Waals surface area contributed by atoms with Crippen LogP contribution in [0.15, 0.2) is 60.7 Å². The first-order valence-corrected chi connectivity index (χ1v) is 13.6. The molecule has 3 aromatic rings. The van der Waals surface area contributed by atoms with Crippen LogP contribution in [0, 0.1) is 5.92 Å². The number of allylic oxidation sites excluding steroid dienone is 2. The average molecular weight is 621 g/mol. The summed E-state index contributed by atoms with van der Waals surface area (Å²) >= 11 is 0. The fourth-order valence-electron chi connectivity index (χ4n) is 4.87. The number of nitrogens with two attached hydrogens (primary N) is 2. The second-order valence-electron chi connectivity index (χ2n) is 11.4. The summed E-state index contributed by atoms with van der Waals surface area (Å²) in [5, 5.41) is 9.08. The van der Waals surface area contributed by atoms with E-state index in [2.05, 4.69) is 9.97 Å². The van der Waals surface area contributed by atoms with Gasteiger partial charge in [-0.25, -0.2) is 4.98 Å². The Balaban J connectivity index is 0.00000506. The van der Waals surface area contributed by atoms with Crippen LogP contribution in [0.1, 0.15) is 63.8 Å². The van der Waals surface area contributed by atoms with Crippen LogP contribution in [-0.2, 0) is 4.79 Å². The molecule has 4 rings (SSSR count). The first-order chi connectivity index (χ1) is 19.7. The number of anilines is 1. The highest BCUT2D eigenvalue weighted by molar-refractivity contribution is 5.85. The molecule has 0 radical (unpaired) electrons. The second-order valence-corrected chi connectivity index (χ2v) is 11.4. The fraction of sp³-hybridized carbons (Fsp3) is 0.387. The van der Waals surface area contributed by atoms with E-state index < -0.39 is 29.9 Å². The molecular weight excluding hydrogens is 585 g/mol. The molecule has 1 aliphatic carbocycles. The molecule has 2 aromatic carbocycles. The predicted molar refractivity (Wildman–Crippen MR) is 161 cm³/mol. The zero-order valence-corrected chi connectivity index (χ0v) is 24.9. The summed E-state index contributed by atoms with van der Waals surface area (Å²) in [4.78, 5) is 19.3. The minimum Gasteiger partial charge on any atom is -0.488 e. The lowest BCUT2D eigenvalue weighted by atomic mass is 9.84. The molecule has 1 heterocycles. The molecule has 5 N–H and O–H groups in total. The number of aliphatic carboxylic acids is 1. The first-order valence-electron chi connectivity index (χ1n) is 13.6. The van der Waals surface area contributed by atoms with E-state index in [-0.39, 0.29) is 41.5 Å². The van der Waals surface area contributed by atoms with Gasteiger partial charge in [-0.1, -0.05) is 48.5 Å². The number of halogens is 4. The normalized spacial score (nSPS) is 16.8. The van der Waals surface area contributed by atoms with Gasteiger partial charge in [0.2, 0.25) is 17.9 Å². The maximum Gasteiger partial charge on any atom is 0.429 e. The summed E-state index contributed by atoms with van der Waals surface area (Å²) in [6.07, 6.45) is -3.27. The summed E-state index contributed by atoms with van der Waals surface area (Å²) in [7, 11) is 0. The Morgan fingerprint density at radius 2 is 1.77 bits per heavy atom. The van der Waals surface area contributed by atoms with E-state index in [9.17, 15) is 18.0 Å². The van der Waals surface area contributed by atoms with Crippen molar-refractivity contribution in [3.05, 3.63) is 71.9 Å². The van der Waals surface area contributed by atoms with Gasteiger partial charge in [0.1, 0.15) is 17.4 Å². The molecule has 1 aromatic heterocycles. The highest BCUT2D eigenvalue weighted by Crippen LogP contribution is 2.43. The summed E-state index contributed by atoms with van der Waals surface area (Å²) in [5.41, 5.74) is 13.2. The molecule has 0 aliphatic heterocycles. The number of carboxylic acid groups (broad SMARTS) is 1. The summed E-state index contributed by atoms with van der Waals surface area (Å²) in [6, 6.07) is 14.2. The number of nitrogen functional groups attached to an aromatic ring is 1. The molecule has 0 amide bonds. The molecule has 12 heteroatoms. The molecule has 3 atom stereocenters. The van der Waals surface area contributed by atoms with Crippen molar-refractivity contribution in [2.45, 2.75) is 70.4 Å². The number of aromatic nitrogens is 2. The summed E-state index contributed by atoms with van der Waals surface area (Å²) in [6.45, 7) is 5.26. The van der Waals surface area contributed by atoms with Gasteiger partial charge < -0.3 is 26.0 Å². The van der Waals surface area contributed by atoms with E-state index in [1.54, 1.807) is 32.9 Å². The predicted octanol–water partition coefficient (Wildman–Crippen LogP) is 6.99. The van der Waals surface area contributed by atoms with Crippen molar-refractivity contribution >= 4 is 29.9 Å². The van der Waals surface area contributed by atoms with E-state index in [0.29, 0.717) is 36.9 Å². The SMILES string of the molecule is CC(C)(C)Oc1cc(-c2ccccc2)ccc1C(Oc1cc(C2=CCC(CC(N)C(=O)O)CC2)nc(N)n1)C(F)(F)F.Cl. The van der Waals surface area contributed by atoms with Crippen LogP contribution in [0.25, 0.3) is 16.7 Å². The van der Waals surface area contributed by atoms with Gasteiger partial charge >= 0.3 is 12.1 Å². The molecule has 0 fully saturated rings. The van der Waals surface area contributed by atoms with Gasteiger partial charge in [0.15, 0.2) is 0 Å². The van der Waals surface area contributed by atoms with Crippen LogP contribution in [0.2, 0.25) is 0 Å². The number of benzene rings is 2. The van der Waals surface area contributed by atoms with Crippen molar-refractivity contribution in [3.8, 4) is 22.8 Å². The van der Waals surface area contributed by atoms with Crippen LogP contribution >= 0.6 is 12.4 Å².